The molecule has 1 aromatic heterocycles. The predicted octanol–water partition coefficient (Wildman–Crippen LogP) is 1.83. The number of nitrogens with zero attached hydrogens (tertiary/aromatic N) is 3. The van der Waals surface area contributed by atoms with Gasteiger partial charge in [-0.15, -0.1) is 0 Å². The Morgan fingerprint density at radius 2 is 1.91 bits per heavy atom. The van der Waals surface area contributed by atoms with Crippen LogP contribution in [0, 0.1) is 0 Å². The van der Waals surface area contributed by atoms with Crippen molar-refractivity contribution in [3.8, 4) is 0 Å². The molecule has 2 aliphatic rings. The maximum Gasteiger partial charge on any atom is 0.232 e. The standard InChI is InChI=1S/C17H21N5/c18-16-13-7-9-19-10-8-14(13)20-17(21-16)22-11-3-5-12-4-1-2-6-15(12)22/h1-2,4,6,19H,3,5,7-11H2,(H2,18,20,21). The second kappa shape index (κ2) is 5.57. The Labute approximate surface area is 130 Å². The van der Waals surface area contributed by atoms with Gasteiger partial charge in [-0.3, -0.25) is 0 Å². The van der Waals surface area contributed by atoms with Crippen LogP contribution in [0.15, 0.2) is 24.3 Å². The van der Waals surface area contributed by atoms with Gasteiger partial charge >= 0.3 is 0 Å². The molecule has 114 valence electrons. The summed E-state index contributed by atoms with van der Waals surface area (Å²) in [5.74, 6) is 1.40. The SMILES string of the molecule is Nc1nc(N2CCCc3ccccc32)nc2c1CCNCC2. The molecule has 0 saturated carbocycles. The molecule has 0 unspecified atom stereocenters. The summed E-state index contributed by atoms with van der Waals surface area (Å²) in [5, 5.41) is 3.40. The molecule has 5 nitrogen and oxygen atoms in total. The number of fused-ring (bicyclic) bond motifs is 2. The van der Waals surface area contributed by atoms with E-state index in [0.717, 1.165) is 62.5 Å². The van der Waals surface area contributed by atoms with Gasteiger partial charge in [0.2, 0.25) is 5.95 Å². The summed E-state index contributed by atoms with van der Waals surface area (Å²) in [6, 6.07) is 8.52. The van der Waals surface area contributed by atoms with Gasteiger partial charge < -0.3 is 16.0 Å². The second-order valence-corrected chi connectivity index (χ2v) is 5.97. The Morgan fingerprint density at radius 3 is 2.86 bits per heavy atom. The molecular formula is C17H21N5. The van der Waals surface area contributed by atoms with Crippen LogP contribution in [0.25, 0.3) is 0 Å². The number of benzene rings is 1. The zero-order chi connectivity index (χ0) is 14.9. The van der Waals surface area contributed by atoms with Gasteiger partial charge in [0, 0.05) is 30.8 Å². The highest BCUT2D eigenvalue weighted by molar-refractivity contribution is 5.64. The third-order valence-electron chi connectivity index (χ3n) is 4.55. The third-order valence-corrected chi connectivity index (χ3v) is 4.55. The second-order valence-electron chi connectivity index (χ2n) is 5.97. The highest BCUT2D eigenvalue weighted by Crippen LogP contribution is 2.32. The molecule has 1 aromatic carbocycles. The van der Waals surface area contributed by atoms with Crippen LogP contribution in [-0.4, -0.2) is 29.6 Å². The van der Waals surface area contributed by atoms with E-state index >= 15 is 0 Å². The molecule has 4 rings (SSSR count). The number of nitrogen functional groups attached to an aromatic ring is 1. The molecule has 5 heteroatoms. The van der Waals surface area contributed by atoms with Crippen molar-refractivity contribution in [1.82, 2.24) is 15.3 Å². The summed E-state index contributed by atoms with van der Waals surface area (Å²) in [4.78, 5) is 11.7. The lowest BCUT2D eigenvalue weighted by Crippen LogP contribution is -2.27. The fraction of sp³-hybridized carbons (Fsp3) is 0.412. The van der Waals surface area contributed by atoms with E-state index in [-0.39, 0.29) is 0 Å². The Morgan fingerprint density at radius 1 is 1.05 bits per heavy atom. The lowest BCUT2D eigenvalue weighted by Gasteiger charge is -2.30. The minimum Gasteiger partial charge on any atom is -0.383 e. The Bertz CT molecular complexity index is 697. The first kappa shape index (κ1) is 13.5. The van der Waals surface area contributed by atoms with Gasteiger partial charge in [-0.2, -0.15) is 4.98 Å². The predicted molar refractivity (Wildman–Crippen MR) is 88.5 cm³/mol. The first-order valence-corrected chi connectivity index (χ1v) is 8.04. The van der Waals surface area contributed by atoms with Crippen molar-refractivity contribution in [1.29, 1.82) is 0 Å². The molecule has 0 atom stereocenters. The van der Waals surface area contributed by atoms with Crippen molar-refractivity contribution >= 4 is 17.5 Å². The van der Waals surface area contributed by atoms with Crippen LogP contribution in [0.3, 0.4) is 0 Å². The molecule has 3 heterocycles. The molecular weight excluding hydrogens is 274 g/mol. The molecule has 22 heavy (non-hydrogen) atoms. The van der Waals surface area contributed by atoms with Gasteiger partial charge in [0.25, 0.3) is 0 Å². The Balaban J connectivity index is 1.78. The first-order chi connectivity index (χ1) is 10.8. The van der Waals surface area contributed by atoms with Gasteiger partial charge in [-0.05, 0) is 37.4 Å². The molecule has 2 aliphatic heterocycles. The molecule has 0 bridgehead atoms. The van der Waals surface area contributed by atoms with Gasteiger partial charge in [-0.1, -0.05) is 18.2 Å². The van der Waals surface area contributed by atoms with Crippen LogP contribution < -0.4 is 16.0 Å². The van der Waals surface area contributed by atoms with Crippen LogP contribution in [0.4, 0.5) is 17.5 Å². The van der Waals surface area contributed by atoms with E-state index in [1.807, 2.05) is 0 Å². The highest BCUT2D eigenvalue weighted by atomic mass is 15.3. The van der Waals surface area contributed by atoms with Crippen LogP contribution in [0.1, 0.15) is 23.2 Å². The van der Waals surface area contributed by atoms with Gasteiger partial charge in [-0.25, -0.2) is 4.98 Å². The van der Waals surface area contributed by atoms with E-state index in [2.05, 4.69) is 39.5 Å². The molecule has 0 spiro atoms. The summed E-state index contributed by atoms with van der Waals surface area (Å²) < 4.78 is 0. The number of nitrogens with two attached hydrogens (primary N) is 1. The van der Waals surface area contributed by atoms with Crippen molar-refractivity contribution in [2.45, 2.75) is 25.7 Å². The summed E-state index contributed by atoms with van der Waals surface area (Å²) in [7, 11) is 0. The van der Waals surface area contributed by atoms with Crippen LogP contribution >= 0.6 is 0 Å². The molecule has 0 amide bonds. The fourth-order valence-electron chi connectivity index (χ4n) is 3.42. The number of anilines is 3. The number of aryl methyl sites for hydroxylation is 1. The van der Waals surface area contributed by atoms with E-state index in [1.165, 1.54) is 11.3 Å². The number of nitrogens with one attached hydrogen (secondary N) is 1. The normalized spacial score (nSPS) is 17.5. The van der Waals surface area contributed by atoms with Gasteiger partial charge in [0.05, 0.1) is 5.69 Å². The molecule has 0 radical (unpaired) electrons. The van der Waals surface area contributed by atoms with Gasteiger partial charge in [0.1, 0.15) is 5.82 Å². The number of hydrogen-bond acceptors (Lipinski definition) is 5. The lowest BCUT2D eigenvalue weighted by atomic mass is 10.0. The van der Waals surface area contributed by atoms with Crippen molar-refractivity contribution in [2.75, 3.05) is 30.3 Å². The fourth-order valence-corrected chi connectivity index (χ4v) is 3.42. The maximum absolute atomic E-state index is 6.23. The van der Waals surface area contributed by atoms with Crippen molar-refractivity contribution < 1.29 is 0 Å². The minimum absolute atomic E-state index is 0.645. The average Bonchev–Trinajstić information content (AvgIpc) is 2.80. The topological polar surface area (TPSA) is 67.1 Å². The quantitative estimate of drug-likeness (QED) is 0.840. The smallest absolute Gasteiger partial charge is 0.232 e. The molecule has 3 N–H and O–H groups in total. The average molecular weight is 295 g/mol. The Hall–Kier alpha value is -2.14. The number of para-hydroxylation sites is 1. The first-order valence-electron chi connectivity index (χ1n) is 8.04. The number of rotatable bonds is 1. The summed E-state index contributed by atoms with van der Waals surface area (Å²) in [5.41, 5.74) is 11.1. The monoisotopic (exact) mass is 295 g/mol. The molecule has 0 aliphatic carbocycles. The van der Waals surface area contributed by atoms with Crippen molar-refractivity contribution in [2.24, 2.45) is 0 Å². The van der Waals surface area contributed by atoms with Crippen molar-refractivity contribution in [3.63, 3.8) is 0 Å². The summed E-state index contributed by atoms with van der Waals surface area (Å²) >= 11 is 0. The molecule has 0 saturated heterocycles. The van der Waals surface area contributed by atoms with Crippen LogP contribution in [0.5, 0.6) is 0 Å². The summed E-state index contributed by atoms with van der Waals surface area (Å²) in [6.07, 6.45) is 4.08. The maximum atomic E-state index is 6.23. The third kappa shape index (κ3) is 2.31. The highest BCUT2D eigenvalue weighted by Gasteiger charge is 2.22. The Kier molecular flexibility index (Phi) is 3.42. The molecule has 0 fully saturated rings. The zero-order valence-corrected chi connectivity index (χ0v) is 12.7. The van der Waals surface area contributed by atoms with Crippen LogP contribution in [-0.2, 0) is 19.3 Å². The largest absolute Gasteiger partial charge is 0.383 e. The number of hydrogen-bond donors (Lipinski definition) is 2. The van der Waals surface area contributed by atoms with Gasteiger partial charge in [0.15, 0.2) is 0 Å². The van der Waals surface area contributed by atoms with E-state index < -0.39 is 0 Å². The van der Waals surface area contributed by atoms with E-state index in [0.29, 0.717) is 5.82 Å². The lowest BCUT2D eigenvalue weighted by molar-refractivity contribution is 0.707. The zero-order valence-electron chi connectivity index (χ0n) is 12.7. The minimum atomic E-state index is 0.645. The van der Waals surface area contributed by atoms with E-state index in [4.69, 9.17) is 10.7 Å². The molecule has 2 aromatic rings. The van der Waals surface area contributed by atoms with E-state index in [1.54, 1.807) is 0 Å². The van der Waals surface area contributed by atoms with E-state index in [9.17, 15) is 0 Å². The van der Waals surface area contributed by atoms with Crippen LogP contribution in [0.2, 0.25) is 0 Å². The van der Waals surface area contributed by atoms with Crippen molar-refractivity contribution in [3.05, 3.63) is 41.1 Å². The summed E-state index contributed by atoms with van der Waals surface area (Å²) in [6.45, 7) is 2.86. The number of aromatic nitrogens is 2.